The van der Waals surface area contributed by atoms with Gasteiger partial charge < -0.3 is 20.1 Å². The monoisotopic (exact) mass is 246 g/mol. The number of likely N-dealkylation sites (N-methyl/N-ethyl adjacent to an activating group) is 1. The smallest absolute Gasteiger partial charge is 0.326 e. The highest BCUT2D eigenvalue weighted by atomic mass is 16.5. The Balaban J connectivity index is 4.00. The molecule has 0 saturated heterocycles. The van der Waals surface area contributed by atoms with Gasteiger partial charge in [0.05, 0.1) is 12.7 Å². The van der Waals surface area contributed by atoms with Gasteiger partial charge in [-0.1, -0.05) is 6.92 Å². The van der Waals surface area contributed by atoms with Gasteiger partial charge in [0.25, 0.3) is 0 Å². The van der Waals surface area contributed by atoms with E-state index in [0.29, 0.717) is 19.6 Å². The van der Waals surface area contributed by atoms with Gasteiger partial charge in [-0.15, -0.1) is 0 Å². The topological polar surface area (TPSA) is 78.9 Å². The third kappa shape index (κ3) is 6.78. The summed E-state index contributed by atoms with van der Waals surface area (Å²) in [5.74, 6) is -1.02. The first-order valence-corrected chi connectivity index (χ1v) is 5.74. The molecule has 0 aromatic heterocycles. The Morgan fingerprint density at radius 1 is 1.41 bits per heavy atom. The third-order valence-electron chi connectivity index (χ3n) is 2.23. The average Bonchev–Trinajstić information content (AvgIpc) is 2.24. The second kappa shape index (κ2) is 7.89. The molecule has 6 nitrogen and oxygen atoms in total. The number of rotatable bonds is 7. The van der Waals surface area contributed by atoms with E-state index in [-0.39, 0.29) is 6.10 Å². The van der Waals surface area contributed by atoms with E-state index in [1.807, 2.05) is 13.8 Å². The van der Waals surface area contributed by atoms with Crippen LogP contribution >= 0.6 is 0 Å². The molecule has 0 rings (SSSR count). The van der Waals surface area contributed by atoms with E-state index in [9.17, 15) is 9.59 Å². The molecule has 0 fully saturated rings. The first kappa shape index (κ1) is 15.7. The van der Waals surface area contributed by atoms with Crippen molar-refractivity contribution in [2.24, 2.45) is 0 Å². The highest BCUT2D eigenvalue weighted by Gasteiger charge is 2.19. The molecule has 0 unspecified atom stereocenters. The average molecular weight is 246 g/mol. The van der Waals surface area contributed by atoms with Crippen molar-refractivity contribution in [1.29, 1.82) is 0 Å². The number of carbonyl (C=O) groups is 2. The number of carbonyl (C=O) groups excluding carboxylic acids is 1. The van der Waals surface area contributed by atoms with E-state index < -0.39 is 18.0 Å². The third-order valence-corrected chi connectivity index (χ3v) is 2.23. The van der Waals surface area contributed by atoms with Gasteiger partial charge in [-0.25, -0.2) is 9.59 Å². The van der Waals surface area contributed by atoms with Crippen LogP contribution < -0.4 is 5.32 Å². The quantitative estimate of drug-likeness (QED) is 0.700. The summed E-state index contributed by atoms with van der Waals surface area (Å²) in [4.78, 5) is 23.7. The number of nitrogens with zero attached hydrogens (tertiary/aromatic N) is 1. The molecular formula is C11H22N2O4. The van der Waals surface area contributed by atoms with Crippen molar-refractivity contribution in [1.82, 2.24) is 10.2 Å². The Morgan fingerprint density at radius 3 is 2.41 bits per heavy atom. The lowest BCUT2D eigenvalue weighted by molar-refractivity contribution is -0.139. The maximum Gasteiger partial charge on any atom is 0.326 e. The number of urea groups is 1. The molecule has 0 spiro atoms. The first-order valence-electron chi connectivity index (χ1n) is 5.74. The standard InChI is InChI=1S/C11H22N2O4/c1-5-9(10(14)15)12-11(16)13(4)6-7-17-8(2)3/h8-9H,5-7H2,1-4H3,(H,12,16)(H,14,15)/t9-/m1/s1. The second-order valence-electron chi connectivity index (χ2n) is 4.09. The molecule has 0 saturated carbocycles. The molecule has 100 valence electrons. The van der Waals surface area contributed by atoms with E-state index >= 15 is 0 Å². The number of carboxylic acid groups (broad SMARTS) is 1. The van der Waals surface area contributed by atoms with Crippen molar-refractivity contribution < 1.29 is 19.4 Å². The maximum absolute atomic E-state index is 11.6. The molecule has 0 aromatic carbocycles. The van der Waals surface area contributed by atoms with Crippen LogP contribution in [0, 0.1) is 0 Å². The highest BCUT2D eigenvalue weighted by Crippen LogP contribution is 1.95. The molecule has 0 heterocycles. The maximum atomic E-state index is 11.6. The zero-order valence-corrected chi connectivity index (χ0v) is 10.9. The van der Waals surface area contributed by atoms with Crippen molar-refractivity contribution in [2.75, 3.05) is 20.2 Å². The minimum Gasteiger partial charge on any atom is -0.480 e. The zero-order valence-electron chi connectivity index (χ0n) is 10.9. The van der Waals surface area contributed by atoms with Gasteiger partial charge in [-0.2, -0.15) is 0 Å². The minimum atomic E-state index is -1.02. The lowest BCUT2D eigenvalue weighted by atomic mass is 10.2. The second-order valence-corrected chi connectivity index (χ2v) is 4.09. The Kier molecular flexibility index (Phi) is 7.29. The summed E-state index contributed by atoms with van der Waals surface area (Å²) in [5, 5.41) is 11.2. The summed E-state index contributed by atoms with van der Waals surface area (Å²) in [6.07, 6.45) is 0.478. The number of amides is 2. The van der Waals surface area contributed by atoms with Crippen LogP contribution in [-0.2, 0) is 9.53 Å². The van der Waals surface area contributed by atoms with Gasteiger partial charge in [-0.3, -0.25) is 0 Å². The Labute approximate surface area is 102 Å². The van der Waals surface area contributed by atoms with Crippen LogP contribution in [0.3, 0.4) is 0 Å². The van der Waals surface area contributed by atoms with Crippen LogP contribution in [0.1, 0.15) is 27.2 Å². The Hall–Kier alpha value is -1.30. The first-order chi connectivity index (χ1) is 7.88. The molecule has 0 aliphatic carbocycles. The van der Waals surface area contributed by atoms with Crippen molar-refractivity contribution in [3.63, 3.8) is 0 Å². The Morgan fingerprint density at radius 2 is 2.00 bits per heavy atom. The van der Waals surface area contributed by atoms with Crippen molar-refractivity contribution in [2.45, 2.75) is 39.3 Å². The highest BCUT2D eigenvalue weighted by molar-refractivity contribution is 5.82. The largest absolute Gasteiger partial charge is 0.480 e. The summed E-state index contributed by atoms with van der Waals surface area (Å²) >= 11 is 0. The predicted molar refractivity (Wildman–Crippen MR) is 64.0 cm³/mol. The molecule has 0 aromatic rings. The van der Waals surface area contributed by atoms with Crippen molar-refractivity contribution in [3.05, 3.63) is 0 Å². The van der Waals surface area contributed by atoms with Crippen LogP contribution in [0.25, 0.3) is 0 Å². The molecule has 1 atom stereocenters. The van der Waals surface area contributed by atoms with Crippen molar-refractivity contribution >= 4 is 12.0 Å². The van der Waals surface area contributed by atoms with E-state index in [1.54, 1.807) is 14.0 Å². The summed E-state index contributed by atoms with van der Waals surface area (Å²) < 4.78 is 5.30. The van der Waals surface area contributed by atoms with Crippen LogP contribution in [-0.4, -0.2) is 54.4 Å². The van der Waals surface area contributed by atoms with Crippen LogP contribution in [0.4, 0.5) is 4.79 Å². The lowest BCUT2D eigenvalue weighted by Gasteiger charge is -2.21. The molecule has 2 N–H and O–H groups in total. The molecule has 6 heteroatoms. The summed E-state index contributed by atoms with van der Waals surface area (Å²) in [6.45, 7) is 6.40. The Bertz CT molecular complexity index is 256. The molecule has 0 radical (unpaired) electrons. The van der Waals surface area contributed by atoms with Gasteiger partial charge in [0.2, 0.25) is 0 Å². The van der Waals surface area contributed by atoms with Gasteiger partial charge in [-0.05, 0) is 20.3 Å². The van der Waals surface area contributed by atoms with Crippen LogP contribution in [0.15, 0.2) is 0 Å². The van der Waals surface area contributed by atoms with E-state index in [4.69, 9.17) is 9.84 Å². The van der Waals surface area contributed by atoms with Gasteiger partial charge in [0.15, 0.2) is 0 Å². The number of ether oxygens (including phenoxy) is 1. The molecule has 0 aliphatic heterocycles. The number of hydrogen-bond donors (Lipinski definition) is 2. The fourth-order valence-electron chi connectivity index (χ4n) is 1.12. The van der Waals surface area contributed by atoms with Crippen molar-refractivity contribution in [3.8, 4) is 0 Å². The normalized spacial score (nSPS) is 12.3. The number of carboxylic acids is 1. The molecular weight excluding hydrogens is 224 g/mol. The molecule has 0 bridgehead atoms. The van der Waals surface area contributed by atoms with Crippen LogP contribution in [0.5, 0.6) is 0 Å². The van der Waals surface area contributed by atoms with Crippen LogP contribution in [0.2, 0.25) is 0 Å². The summed E-state index contributed by atoms with van der Waals surface area (Å²) in [5.41, 5.74) is 0. The minimum absolute atomic E-state index is 0.119. The predicted octanol–water partition coefficient (Wildman–Crippen LogP) is 0.916. The number of nitrogens with one attached hydrogen (secondary N) is 1. The van der Waals surface area contributed by atoms with E-state index in [0.717, 1.165) is 0 Å². The van der Waals surface area contributed by atoms with Gasteiger partial charge in [0.1, 0.15) is 6.04 Å². The molecule has 17 heavy (non-hydrogen) atoms. The fraction of sp³-hybridized carbons (Fsp3) is 0.818. The summed E-state index contributed by atoms with van der Waals surface area (Å²) in [7, 11) is 1.60. The summed E-state index contributed by atoms with van der Waals surface area (Å²) in [6, 6.07) is -1.23. The molecule has 2 amide bonds. The fourth-order valence-corrected chi connectivity index (χ4v) is 1.12. The van der Waals surface area contributed by atoms with Gasteiger partial charge in [0, 0.05) is 13.6 Å². The SMILES string of the molecule is CC[C@@H](NC(=O)N(C)CCOC(C)C)C(=O)O. The lowest BCUT2D eigenvalue weighted by Crippen LogP contribution is -2.47. The zero-order chi connectivity index (χ0) is 13.4. The molecule has 0 aliphatic rings. The number of hydrogen-bond acceptors (Lipinski definition) is 3. The number of aliphatic carboxylic acids is 1. The van der Waals surface area contributed by atoms with E-state index in [1.165, 1.54) is 4.90 Å². The van der Waals surface area contributed by atoms with E-state index in [2.05, 4.69) is 5.32 Å². The van der Waals surface area contributed by atoms with Gasteiger partial charge >= 0.3 is 12.0 Å².